The Hall–Kier alpha value is -1.85. The molecule has 2 aromatic rings. The van der Waals surface area contributed by atoms with Crippen molar-refractivity contribution in [1.29, 1.82) is 0 Å². The summed E-state index contributed by atoms with van der Waals surface area (Å²) >= 11 is 6.11. The third-order valence-electron chi connectivity index (χ3n) is 2.95. The first kappa shape index (κ1) is 15.5. The average Bonchev–Trinajstić information content (AvgIpc) is 2.86. The number of benzene rings is 1. The van der Waals surface area contributed by atoms with Crippen LogP contribution in [0.1, 0.15) is 23.0 Å². The van der Waals surface area contributed by atoms with Crippen molar-refractivity contribution in [3.05, 3.63) is 46.7 Å². The Bertz CT molecular complexity index is 625. The van der Waals surface area contributed by atoms with E-state index in [-0.39, 0.29) is 5.78 Å². The lowest BCUT2D eigenvalue weighted by molar-refractivity contribution is 0.102. The maximum Gasteiger partial charge on any atom is 0.216 e. The van der Waals surface area contributed by atoms with E-state index in [1.165, 1.54) is 6.20 Å². The number of aromatic nitrogens is 2. The number of carbonyl (C=O) groups excluding carboxylic acids is 1. The summed E-state index contributed by atoms with van der Waals surface area (Å²) in [5.74, 6) is 0.332. The molecule has 0 bridgehead atoms. The zero-order valence-electron chi connectivity index (χ0n) is 12.0. The Kier molecular flexibility index (Phi) is 5.36. The minimum absolute atomic E-state index is 0.211. The quantitative estimate of drug-likeness (QED) is 0.738. The number of hydrogen-bond acceptors (Lipinski definition) is 4. The predicted molar refractivity (Wildman–Crippen MR) is 80.2 cm³/mol. The van der Waals surface area contributed by atoms with Crippen LogP contribution in [0.2, 0.25) is 5.02 Å². The summed E-state index contributed by atoms with van der Waals surface area (Å²) in [5, 5.41) is 4.44. The average molecular weight is 309 g/mol. The minimum atomic E-state index is -0.211. The Labute approximate surface area is 128 Å². The smallest absolute Gasteiger partial charge is 0.216 e. The van der Waals surface area contributed by atoms with Crippen molar-refractivity contribution in [2.75, 3.05) is 20.3 Å². The maximum atomic E-state index is 12.7. The highest BCUT2D eigenvalue weighted by Crippen LogP contribution is 2.25. The molecule has 0 spiro atoms. The molecule has 0 fully saturated rings. The second kappa shape index (κ2) is 7.24. The van der Waals surface area contributed by atoms with Crippen LogP contribution in [0.25, 0.3) is 0 Å². The van der Waals surface area contributed by atoms with Gasteiger partial charge in [-0.05, 0) is 19.1 Å². The molecule has 1 heterocycles. The van der Waals surface area contributed by atoms with Crippen molar-refractivity contribution in [3.8, 4) is 5.75 Å². The minimum Gasteiger partial charge on any atom is -0.493 e. The number of methoxy groups -OCH3 is 1. The molecular formula is C15H17ClN2O3. The highest BCUT2D eigenvalue weighted by Gasteiger charge is 2.22. The molecule has 112 valence electrons. The number of ketones is 1. The van der Waals surface area contributed by atoms with Gasteiger partial charge in [0.1, 0.15) is 11.4 Å². The third kappa shape index (κ3) is 3.43. The van der Waals surface area contributed by atoms with Gasteiger partial charge in [0.15, 0.2) is 0 Å². The Morgan fingerprint density at radius 3 is 2.86 bits per heavy atom. The van der Waals surface area contributed by atoms with E-state index in [2.05, 4.69) is 5.10 Å². The Morgan fingerprint density at radius 2 is 2.14 bits per heavy atom. The van der Waals surface area contributed by atoms with Crippen molar-refractivity contribution in [2.24, 2.45) is 0 Å². The highest BCUT2D eigenvalue weighted by molar-refractivity contribution is 6.34. The van der Waals surface area contributed by atoms with Crippen LogP contribution in [0.4, 0.5) is 0 Å². The number of ether oxygens (including phenoxy) is 2. The lowest BCUT2D eigenvalue weighted by Gasteiger charge is -2.11. The van der Waals surface area contributed by atoms with E-state index in [1.54, 1.807) is 30.0 Å². The van der Waals surface area contributed by atoms with Crippen LogP contribution in [0, 0.1) is 0 Å². The zero-order chi connectivity index (χ0) is 15.2. The molecule has 0 N–H and O–H groups in total. The van der Waals surface area contributed by atoms with Crippen LogP contribution >= 0.6 is 11.6 Å². The number of nitrogens with zero attached hydrogens (tertiary/aromatic N) is 2. The van der Waals surface area contributed by atoms with Crippen LogP contribution in [-0.4, -0.2) is 35.9 Å². The second-order valence-corrected chi connectivity index (χ2v) is 4.72. The van der Waals surface area contributed by atoms with Gasteiger partial charge in [-0.25, -0.2) is 0 Å². The molecule has 0 amide bonds. The van der Waals surface area contributed by atoms with Gasteiger partial charge in [0.2, 0.25) is 5.78 Å². The van der Waals surface area contributed by atoms with Crippen LogP contribution in [0.15, 0.2) is 30.5 Å². The monoisotopic (exact) mass is 308 g/mol. The molecule has 0 atom stereocenters. The lowest BCUT2D eigenvalue weighted by Crippen LogP contribution is -2.15. The Morgan fingerprint density at radius 1 is 1.38 bits per heavy atom. The first-order valence-electron chi connectivity index (χ1n) is 6.65. The Balaban J connectivity index is 2.38. The SMILES string of the molecule is CCOc1ccccc1C(=O)c1c(Cl)cnn1CCOC. The summed E-state index contributed by atoms with van der Waals surface area (Å²) in [5.41, 5.74) is 0.821. The third-order valence-corrected chi connectivity index (χ3v) is 3.23. The fourth-order valence-electron chi connectivity index (χ4n) is 2.00. The molecule has 21 heavy (non-hydrogen) atoms. The molecule has 0 radical (unpaired) electrons. The number of para-hydroxylation sites is 1. The van der Waals surface area contributed by atoms with Crippen molar-refractivity contribution in [2.45, 2.75) is 13.5 Å². The fourth-order valence-corrected chi connectivity index (χ4v) is 2.23. The van der Waals surface area contributed by atoms with Gasteiger partial charge in [-0.1, -0.05) is 23.7 Å². The van der Waals surface area contributed by atoms with E-state index in [4.69, 9.17) is 21.1 Å². The van der Waals surface area contributed by atoms with Gasteiger partial charge in [-0.15, -0.1) is 0 Å². The van der Waals surface area contributed by atoms with E-state index in [0.29, 0.717) is 41.8 Å². The topological polar surface area (TPSA) is 53.3 Å². The molecule has 0 saturated carbocycles. The summed E-state index contributed by atoms with van der Waals surface area (Å²) in [4.78, 5) is 12.7. The van der Waals surface area contributed by atoms with Crippen LogP contribution in [0.3, 0.4) is 0 Å². The summed E-state index contributed by atoms with van der Waals surface area (Å²) in [6.07, 6.45) is 1.47. The lowest BCUT2D eigenvalue weighted by atomic mass is 10.1. The summed E-state index contributed by atoms with van der Waals surface area (Å²) < 4.78 is 12.1. The van der Waals surface area contributed by atoms with Gasteiger partial charge in [-0.3, -0.25) is 9.48 Å². The number of hydrogen-bond donors (Lipinski definition) is 0. The molecule has 0 unspecified atom stereocenters. The molecule has 0 aliphatic rings. The number of carbonyl (C=O) groups is 1. The molecular weight excluding hydrogens is 292 g/mol. The van der Waals surface area contributed by atoms with E-state index in [1.807, 2.05) is 13.0 Å². The van der Waals surface area contributed by atoms with Crippen molar-refractivity contribution >= 4 is 17.4 Å². The second-order valence-electron chi connectivity index (χ2n) is 4.32. The summed E-state index contributed by atoms with van der Waals surface area (Å²) in [7, 11) is 1.59. The van der Waals surface area contributed by atoms with E-state index >= 15 is 0 Å². The van der Waals surface area contributed by atoms with Crippen molar-refractivity contribution in [1.82, 2.24) is 9.78 Å². The maximum absolute atomic E-state index is 12.7. The molecule has 6 heteroatoms. The van der Waals surface area contributed by atoms with E-state index in [9.17, 15) is 4.79 Å². The summed E-state index contributed by atoms with van der Waals surface area (Å²) in [6, 6.07) is 7.10. The molecule has 1 aromatic carbocycles. The zero-order valence-corrected chi connectivity index (χ0v) is 12.8. The molecule has 1 aromatic heterocycles. The largest absolute Gasteiger partial charge is 0.493 e. The van der Waals surface area contributed by atoms with E-state index in [0.717, 1.165) is 0 Å². The van der Waals surface area contributed by atoms with Gasteiger partial charge < -0.3 is 9.47 Å². The van der Waals surface area contributed by atoms with E-state index < -0.39 is 0 Å². The fraction of sp³-hybridized carbons (Fsp3) is 0.333. The number of rotatable bonds is 7. The van der Waals surface area contributed by atoms with Crippen molar-refractivity contribution < 1.29 is 14.3 Å². The normalized spacial score (nSPS) is 10.6. The van der Waals surface area contributed by atoms with Crippen LogP contribution in [0.5, 0.6) is 5.75 Å². The number of halogens is 1. The molecule has 5 nitrogen and oxygen atoms in total. The first-order valence-corrected chi connectivity index (χ1v) is 7.03. The predicted octanol–water partition coefficient (Wildman–Crippen LogP) is 2.81. The summed E-state index contributed by atoms with van der Waals surface area (Å²) in [6.45, 7) is 3.27. The van der Waals surface area contributed by atoms with Gasteiger partial charge in [0.25, 0.3) is 0 Å². The highest BCUT2D eigenvalue weighted by atomic mass is 35.5. The molecule has 2 rings (SSSR count). The first-order chi connectivity index (χ1) is 10.2. The van der Waals surface area contributed by atoms with Gasteiger partial charge in [0.05, 0.1) is 36.5 Å². The molecule has 0 aliphatic heterocycles. The van der Waals surface area contributed by atoms with Gasteiger partial charge >= 0.3 is 0 Å². The standard InChI is InChI=1S/C15H17ClN2O3/c1-3-21-13-7-5-4-6-11(13)15(19)14-12(16)10-17-18(14)8-9-20-2/h4-7,10H,3,8-9H2,1-2H3. The van der Waals surface area contributed by atoms with Gasteiger partial charge in [0, 0.05) is 7.11 Å². The van der Waals surface area contributed by atoms with Crippen LogP contribution < -0.4 is 4.74 Å². The molecule has 0 saturated heterocycles. The molecule has 0 aliphatic carbocycles. The van der Waals surface area contributed by atoms with Gasteiger partial charge in [-0.2, -0.15) is 5.10 Å². The van der Waals surface area contributed by atoms with Crippen LogP contribution in [-0.2, 0) is 11.3 Å². The van der Waals surface area contributed by atoms with Crippen molar-refractivity contribution in [3.63, 3.8) is 0 Å².